The van der Waals surface area contributed by atoms with Crippen LogP contribution in [0.5, 0.6) is 11.5 Å². The number of hydrogen-bond donors (Lipinski definition) is 2. The summed E-state index contributed by atoms with van der Waals surface area (Å²) in [5.41, 5.74) is 2.01. The predicted octanol–water partition coefficient (Wildman–Crippen LogP) is 2.90. The maximum atomic E-state index is 13.4. The molecular weight excluding hydrogens is 384 g/mol. The Balaban J connectivity index is 2.02. The molecule has 0 radical (unpaired) electrons. The molecule has 2 heterocycles. The van der Waals surface area contributed by atoms with E-state index in [1.807, 2.05) is 0 Å². The predicted molar refractivity (Wildman–Crippen MR) is 112 cm³/mol. The number of esters is 1. The van der Waals surface area contributed by atoms with Crippen molar-refractivity contribution in [3.8, 4) is 11.5 Å². The monoisotopic (exact) mass is 408 g/mol. The molecule has 3 aromatic rings. The molecule has 0 aliphatic rings. The van der Waals surface area contributed by atoms with Crippen molar-refractivity contribution < 1.29 is 19.7 Å². The van der Waals surface area contributed by atoms with Crippen molar-refractivity contribution in [2.75, 3.05) is 7.11 Å². The lowest BCUT2D eigenvalue weighted by molar-refractivity contribution is -0.140. The van der Waals surface area contributed by atoms with Crippen molar-refractivity contribution in [3.05, 3.63) is 87.6 Å². The van der Waals surface area contributed by atoms with E-state index in [2.05, 4.69) is 4.98 Å². The highest BCUT2D eigenvalue weighted by atomic mass is 16.5. The summed E-state index contributed by atoms with van der Waals surface area (Å²) in [4.78, 5) is 29.5. The van der Waals surface area contributed by atoms with Crippen LogP contribution >= 0.6 is 0 Å². The zero-order valence-electron chi connectivity index (χ0n) is 16.9. The number of aromatic nitrogens is 2. The average Bonchev–Trinajstić information content (AvgIpc) is 2.74. The quantitative estimate of drug-likeness (QED) is 0.583. The number of aryl methyl sites for hydroxylation is 2. The van der Waals surface area contributed by atoms with Gasteiger partial charge in [0.25, 0.3) is 5.56 Å². The van der Waals surface area contributed by atoms with Gasteiger partial charge in [-0.15, -0.1) is 0 Å². The smallest absolute Gasteiger partial charge is 0.306 e. The molecule has 1 atom stereocenters. The molecule has 0 unspecified atom stereocenters. The first-order valence-electron chi connectivity index (χ1n) is 9.58. The lowest BCUT2D eigenvalue weighted by Gasteiger charge is -2.20. The fourth-order valence-electron chi connectivity index (χ4n) is 3.50. The third kappa shape index (κ3) is 4.68. The lowest BCUT2D eigenvalue weighted by Crippen LogP contribution is -2.29. The number of phenolic OH excluding ortho intramolecular Hbond substituents is 1. The van der Waals surface area contributed by atoms with Crippen molar-refractivity contribution >= 4 is 5.97 Å². The van der Waals surface area contributed by atoms with Crippen LogP contribution in [0, 0.1) is 6.92 Å². The molecule has 0 spiro atoms. The summed E-state index contributed by atoms with van der Waals surface area (Å²) in [5, 5.41) is 20.0. The largest absolute Gasteiger partial charge is 0.508 e. The summed E-state index contributed by atoms with van der Waals surface area (Å²) in [6, 6.07) is 11.8. The fourth-order valence-corrected chi connectivity index (χ4v) is 3.50. The second-order valence-electron chi connectivity index (χ2n) is 7.08. The van der Waals surface area contributed by atoms with Gasteiger partial charge in [-0.05, 0) is 48.7 Å². The highest BCUT2D eigenvalue weighted by Gasteiger charge is 2.26. The van der Waals surface area contributed by atoms with Crippen LogP contribution in [-0.4, -0.2) is 32.8 Å². The van der Waals surface area contributed by atoms with E-state index in [0.717, 1.165) is 5.56 Å². The minimum absolute atomic E-state index is 0.0913. The third-order valence-corrected chi connectivity index (χ3v) is 5.12. The van der Waals surface area contributed by atoms with Gasteiger partial charge in [-0.2, -0.15) is 0 Å². The van der Waals surface area contributed by atoms with Crippen molar-refractivity contribution in [3.63, 3.8) is 0 Å². The van der Waals surface area contributed by atoms with E-state index < -0.39 is 11.9 Å². The molecule has 0 fully saturated rings. The fraction of sp³-hybridized carbons (Fsp3) is 0.261. The number of hydrogen-bond acceptors (Lipinski definition) is 6. The Kier molecular flexibility index (Phi) is 6.51. The summed E-state index contributed by atoms with van der Waals surface area (Å²) >= 11 is 0. The topological polar surface area (TPSA) is 102 Å². The molecule has 2 aromatic heterocycles. The number of ether oxygens (including phenoxy) is 1. The van der Waals surface area contributed by atoms with E-state index in [4.69, 9.17) is 4.74 Å². The molecular formula is C23H24N2O5. The number of methoxy groups -OCH3 is 1. The van der Waals surface area contributed by atoms with Crippen molar-refractivity contribution in [1.82, 2.24) is 9.55 Å². The number of carbonyl (C=O) groups excluding carboxylic acids is 1. The average molecular weight is 408 g/mol. The van der Waals surface area contributed by atoms with Crippen LogP contribution in [0.1, 0.15) is 34.7 Å². The van der Waals surface area contributed by atoms with Gasteiger partial charge < -0.3 is 19.5 Å². The number of benzene rings is 1. The van der Waals surface area contributed by atoms with Crippen LogP contribution in [0.2, 0.25) is 0 Å². The van der Waals surface area contributed by atoms with Crippen molar-refractivity contribution in [2.45, 2.75) is 32.2 Å². The molecule has 30 heavy (non-hydrogen) atoms. The number of nitrogens with zero attached hydrogens (tertiary/aromatic N) is 2. The molecule has 0 amide bonds. The maximum absolute atomic E-state index is 13.4. The molecule has 156 valence electrons. The normalized spacial score (nSPS) is 11.8. The first-order chi connectivity index (χ1) is 14.4. The van der Waals surface area contributed by atoms with Gasteiger partial charge in [-0.25, -0.2) is 0 Å². The number of carbonyl (C=O) groups is 1. The van der Waals surface area contributed by atoms with Crippen molar-refractivity contribution in [2.24, 2.45) is 0 Å². The van der Waals surface area contributed by atoms with E-state index in [1.54, 1.807) is 60.3 Å². The molecule has 7 nitrogen and oxygen atoms in total. The van der Waals surface area contributed by atoms with E-state index >= 15 is 0 Å². The second kappa shape index (κ2) is 9.26. The van der Waals surface area contributed by atoms with Gasteiger partial charge in [0, 0.05) is 30.6 Å². The summed E-state index contributed by atoms with van der Waals surface area (Å²) in [6.45, 7) is 2.14. The minimum Gasteiger partial charge on any atom is -0.508 e. The van der Waals surface area contributed by atoms with Crippen LogP contribution < -0.4 is 5.56 Å². The van der Waals surface area contributed by atoms with Gasteiger partial charge >= 0.3 is 5.97 Å². The van der Waals surface area contributed by atoms with E-state index in [1.165, 1.54) is 13.2 Å². The molecule has 3 rings (SSSR count). The Morgan fingerprint density at radius 3 is 2.57 bits per heavy atom. The molecule has 2 N–H and O–H groups in total. The van der Waals surface area contributed by atoms with Gasteiger partial charge in [0.1, 0.15) is 11.5 Å². The highest BCUT2D eigenvalue weighted by Crippen LogP contribution is 2.32. The van der Waals surface area contributed by atoms with Gasteiger partial charge in [0.2, 0.25) is 0 Å². The highest BCUT2D eigenvalue weighted by molar-refractivity contribution is 5.71. The molecule has 0 saturated heterocycles. The first kappa shape index (κ1) is 21.1. The molecule has 0 aliphatic carbocycles. The van der Waals surface area contributed by atoms with Gasteiger partial charge in [0.15, 0.2) is 0 Å². The standard InChI is InChI=1S/C23H24N2O5/c1-15-12-20(27)22(19(13-21(28)30-2)17-4-3-10-24-14-17)23(29)25(15)11-9-16-5-7-18(26)8-6-16/h3-8,10,12,14,19,26-27H,9,11,13H2,1-2H3/t19-/m0/s1. The van der Waals surface area contributed by atoms with Crippen molar-refractivity contribution in [1.29, 1.82) is 0 Å². The summed E-state index contributed by atoms with van der Waals surface area (Å²) in [5.74, 6) is -1.14. The number of rotatable bonds is 7. The van der Waals surface area contributed by atoms with Gasteiger partial charge in [-0.3, -0.25) is 14.6 Å². The van der Waals surface area contributed by atoms with Crippen LogP contribution in [-0.2, 0) is 22.5 Å². The van der Waals surface area contributed by atoms with Crippen LogP contribution in [0.4, 0.5) is 0 Å². The number of phenols is 1. The van der Waals surface area contributed by atoms with Gasteiger partial charge in [-0.1, -0.05) is 18.2 Å². The third-order valence-electron chi connectivity index (χ3n) is 5.12. The van der Waals surface area contributed by atoms with Crippen LogP contribution in [0.15, 0.2) is 59.7 Å². The Labute approximate surface area is 174 Å². The van der Waals surface area contributed by atoms with Crippen LogP contribution in [0.25, 0.3) is 0 Å². The molecule has 1 aromatic carbocycles. The molecule has 0 saturated carbocycles. The molecule has 0 aliphatic heterocycles. The minimum atomic E-state index is -0.681. The number of aromatic hydroxyl groups is 2. The maximum Gasteiger partial charge on any atom is 0.306 e. The van der Waals surface area contributed by atoms with Gasteiger partial charge in [0.05, 0.1) is 19.1 Å². The second-order valence-corrected chi connectivity index (χ2v) is 7.08. The molecule has 0 bridgehead atoms. The lowest BCUT2D eigenvalue weighted by atomic mass is 9.89. The van der Waals surface area contributed by atoms with E-state index in [-0.39, 0.29) is 29.0 Å². The summed E-state index contributed by atoms with van der Waals surface area (Å²) in [6.07, 6.45) is 3.66. The van der Waals surface area contributed by atoms with Crippen LogP contribution in [0.3, 0.4) is 0 Å². The number of pyridine rings is 2. The Morgan fingerprint density at radius 2 is 1.93 bits per heavy atom. The zero-order valence-corrected chi connectivity index (χ0v) is 16.9. The first-order valence-corrected chi connectivity index (χ1v) is 9.58. The Hall–Kier alpha value is -3.61. The zero-order chi connectivity index (χ0) is 21.7. The summed E-state index contributed by atoms with van der Waals surface area (Å²) in [7, 11) is 1.29. The Bertz CT molecular complexity index is 1080. The Morgan fingerprint density at radius 1 is 1.20 bits per heavy atom. The molecule has 7 heteroatoms. The summed E-state index contributed by atoms with van der Waals surface area (Å²) < 4.78 is 6.39. The van der Waals surface area contributed by atoms with E-state index in [0.29, 0.717) is 24.2 Å². The SMILES string of the molecule is COC(=O)C[C@@H](c1cccnc1)c1c(O)cc(C)n(CCc2ccc(O)cc2)c1=O. The van der Waals surface area contributed by atoms with E-state index in [9.17, 15) is 19.8 Å².